The van der Waals surface area contributed by atoms with Gasteiger partial charge in [-0.3, -0.25) is 4.79 Å². The third-order valence-corrected chi connectivity index (χ3v) is 15.8. The van der Waals surface area contributed by atoms with Gasteiger partial charge in [-0.15, -0.1) is 0 Å². The molecule has 0 aromatic carbocycles. The largest absolute Gasteiger partial charge is 0.394 e. The van der Waals surface area contributed by atoms with E-state index in [1.54, 1.807) is 0 Å². The molecule has 5 heteroatoms. The lowest BCUT2D eigenvalue weighted by atomic mass is 9.99. The monoisotopic (exact) mass is 1010 g/mol. The lowest BCUT2D eigenvalue weighted by Crippen LogP contribution is -2.50. The number of aliphatic hydroxyl groups is 3. The minimum absolute atomic E-state index is 0.137. The Morgan fingerprint density at radius 3 is 0.875 bits per heavy atom. The second-order valence-electron chi connectivity index (χ2n) is 23.0. The molecule has 0 saturated heterocycles. The first-order valence-corrected chi connectivity index (χ1v) is 33.1. The van der Waals surface area contributed by atoms with Crippen LogP contribution in [0.4, 0.5) is 0 Å². The van der Waals surface area contributed by atoms with Gasteiger partial charge in [0.25, 0.3) is 0 Å². The number of rotatable bonds is 62. The molecule has 5 nitrogen and oxygen atoms in total. The first-order chi connectivity index (χ1) is 35.6. The summed E-state index contributed by atoms with van der Waals surface area (Å²) in [6, 6.07) is -0.809. The van der Waals surface area contributed by atoms with Gasteiger partial charge in [0.1, 0.15) is 6.10 Å². The normalized spacial score (nSPS) is 13.2. The predicted molar refractivity (Wildman–Crippen MR) is 319 cm³/mol. The maximum atomic E-state index is 12.6. The fraction of sp³-hybridized carbons (Fsp3) is 0.925. The molecule has 0 radical (unpaired) electrons. The van der Waals surface area contributed by atoms with Gasteiger partial charge < -0.3 is 20.6 Å². The summed E-state index contributed by atoms with van der Waals surface area (Å²) >= 11 is 0. The topological polar surface area (TPSA) is 89.8 Å². The number of aliphatic hydroxyl groups excluding tert-OH is 3. The van der Waals surface area contributed by atoms with Crippen LogP contribution in [-0.4, -0.2) is 46.1 Å². The molecule has 0 rings (SSSR count). The van der Waals surface area contributed by atoms with Crippen LogP contribution >= 0.6 is 0 Å². The Bertz CT molecular complexity index is 1080. The summed E-state index contributed by atoms with van der Waals surface area (Å²) in [5.41, 5.74) is 0. The SMILES string of the molecule is CCCCCCCCCCCCCCC/C=C\C/C=C\CCCCCCCCCCCCCCCCCCCC(=O)NC(CO)C(O)C(O)CCCCCCCCCCCCCCCCCCCCCCC. The molecule has 0 spiro atoms. The highest BCUT2D eigenvalue weighted by atomic mass is 16.3. The van der Waals surface area contributed by atoms with E-state index < -0.39 is 18.2 Å². The molecule has 0 aliphatic rings. The van der Waals surface area contributed by atoms with Crippen molar-refractivity contribution in [1.82, 2.24) is 5.32 Å². The summed E-state index contributed by atoms with van der Waals surface area (Å²) in [6.45, 7) is 4.23. The Hall–Kier alpha value is -1.17. The summed E-state index contributed by atoms with van der Waals surface area (Å²) in [6.07, 6.45) is 80.9. The second kappa shape index (κ2) is 62.4. The highest BCUT2D eigenvalue weighted by molar-refractivity contribution is 5.76. The van der Waals surface area contributed by atoms with E-state index >= 15 is 0 Å². The maximum Gasteiger partial charge on any atom is 0.220 e. The van der Waals surface area contributed by atoms with Crippen molar-refractivity contribution in [3.05, 3.63) is 24.3 Å². The van der Waals surface area contributed by atoms with Crippen LogP contribution in [0, 0.1) is 0 Å². The zero-order chi connectivity index (χ0) is 52.2. The standard InChI is InChI=1S/C67H131NO4/c1-3-5-7-9-11-13-15-17-19-21-23-25-26-27-28-29-30-31-32-33-34-35-36-37-38-39-40-42-44-46-48-50-52-54-56-58-60-62-66(71)68-64(63-69)67(72)65(70)61-59-57-55-53-51-49-47-45-43-41-24-22-20-18-16-14-12-10-8-6-4-2/h28-29,31-32,64-65,67,69-70,72H,3-27,30,33-63H2,1-2H3,(H,68,71)/b29-28-,32-31-. The third kappa shape index (κ3) is 56.6. The molecule has 1 amide bonds. The number of carbonyl (C=O) groups is 1. The fourth-order valence-electron chi connectivity index (χ4n) is 10.7. The Kier molecular flexibility index (Phi) is 61.4. The van der Waals surface area contributed by atoms with Gasteiger partial charge in [0, 0.05) is 6.42 Å². The molecule has 0 aromatic rings. The molecular weight excluding hydrogens is 883 g/mol. The van der Waals surface area contributed by atoms with Crippen molar-refractivity contribution in [2.45, 2.75) is 392 Å². The third-order valence-electron chi connectivity index (χ3n) is 15.8. The molecular formula is C67H131NO4. The summed E-state index contributed by atoms with van der Waals surface area (Å²) in [7, 11) is 0. The smallest absolute Gasteiger partial charge is 0.220 e. The number of amides is 1. The molecule has 72 heavy (non-hydrogen) atoms. The van der Waals surface area contributed by atoms with E-state index in [0.717, 1.165) is 38.5 Å². The summed E-state index contributed by atoms with van der Waals surface area (Å²) in [5, 5.41) is 33.9. The number of carbonyl (C=O) groups excluding carboxylic acids is 1. The molecule has 0 bridgehead atoms. The van der Waals surface area contributed by atoms with Crippen LogP contribution in [0.25, 0.3) is 0 Å². The minimum Gasteiger partial charge on any atom is -0.394 e. The Balaban J connectivity index is 3.46. The number of hydrogen-bond donors (Lipinski definition) is 4. The zero-order valence-electron chi connectivity index (χ0n) is 49.1. The van der Waals surface area contributed by atoms with Gasteiger partial charge in [0.05, 0.1) is 18.8 Å². The second-order valence-corrected chi connectivity index (χ2v) is 23.0. The van der Waals surface area contributed by atoms with E-state index in [2.05, 4.69) is 43.5 Å². The van der Waals surface area contributed by atoms with Gasteiger partial charge >= 0.3 is 0 Å². The Morgan fingerprint density at radius 1 is 0.347 bits per heavy atom. The van der Waals surface area contributed by atoms with E-state index in [4.69, 9.17) is 0 Å². The molecule has 4 N–H and O–H groups in total. The zero-order valence-corrected chi connectivity index (χ0v) is 49.1. The van der Waals surface area contributed by atoms with E-state index in [-0.39, 0.29) is 12.5 Å². The molecule has 428 valence electrons. The number of hydrogen-bond acceptors (Lipinski definition) is 4. The van der Waals surface area contributed by atoms with Crippen LogP contribution in [0.5, 0.6) is 0 Å². The molecule has 3 atom stereocenters. The average Bonchev–Trinajstić information content (AvgIpc) is 3.39. The van der Waals surface area contributed by atoms with E-state index in [1.807, 2.05) is 0 Å². The van der Waals surface area contributed by atoms with Crippen LogP contribution in [-0.2, 0) is 4.79 Å². The van der Waals surface area contributed by atoms with Gasteiger partial charge in [-0.25, -0.2) is 0 Å². The quantitative estimate of drug-likeness (QED) is 0.0361. The summed E-state index contributed by atoms with van der Waals surface area (Å²) < 4.78 is 0. The molecule has 0 heterocycles. The van der Waals surface area contributed by atoms with Gasteiger partial charge in [0.2, 0.25) is 5.91 Å². The van der Waals surface area contributed by atoms with Crippen LogP contribution in [0.1, 0.15) is 373 Å². The molecule has 0 fully saturated rings. The Morgan fingerprint density at radius 2 is 0.597 bits per heavy atom. The molecule has 0 aliphatic heterocycles. The van der Waals surface area contributed by atoms with Crippen LogP contribution < -0.4 is 5.32 Å². The highest BCUT2D eigenvalue weighted by Gasteiger charge is 2.26. The number of nitrogens with one attached hydrogen (secondary N) is 1. The number of allylic oxidation sites excluding steroid dienone is 4. The Labute approximate surface area is 452 Å². The van der Waals surface area contributed by atoms with Crippen LogP contribution in [0.3, 0.4) is 0 Å². The minimum atomic E-state index is -1.14. The van der Waals surface area contributed by atoms with Crippen molar-refractivity contribution in [3.63, 3.8) is 0 Å². The average molecular weight is 1010 g/mol. The first-order valence-electron chi connectivity index (χ1n) is 33.1. The van der Waals surface area contributed by atoms with Gasteiger partial charge in [0.15, 0.2) is 0 Å². The van der Waals surface area contributed by atoms with Crippen molar-refractivity contribution in [3.8, 4) is 0 Å². The van der Waals surface area contributed by atoms with Crippen molar-refractivity contribution < 1.29 is 20.1 Å². The number of unbranched alkanes of at least 4 members (excludes halogenated alkanes) is 50. The van der Waals surface area contributed by atoms with Crippen molar-refractivity contribution in [1.29, 1.82) is 0 Å². The molecule has 0 aromatic heterocycles. The summed E-state index contributed by atoms with van der Waals surface area (Å²) in [5.74, 6) is -0.137. The van der Waals surface area contributed by atoms with Crippen LogP contribution in [0.2, 0.25) is 0 Å². The maximum absolute atomic E-state index is 12.6. The van der Waals surface area contributed by atoms with E-state index in [0.29, 0.717) is 12.8 Å². The van der Waals surface area contributed by atoms with E-state index in [1.165, 1.54) is 308 Å². The van der Waals surface area contributed by atoms with Gasteiger partial charge in [-0.05, 0) is 44.9 Å². The van der Waals surface area contributed by atoms with Gasteiger partial charge in [-0.2, -0.15) is 0 Å². The van der Waals surface area contributed by atoms with Crippen LogP contribution in [0.15, 0.2) is 24.3 Å². The fourth-order valence-corrected chi connectivity index (χ4v) is 10.7. The van der Waals surface area contributed by atoms with Gasteiger partial charge in [-0.1, -0.05) is 346 Å². The van der Waals surface area contributed by atoms with E-state index in [9.17, 15) is 20.1 Å². The summed E-state index contributed by atoms with van der Waals surface area (Å²) in [4.78, 5) is 12.6. The molecule has 0 aliphatic carbocycles. The van der Waals surface area contributed by atoms with Crippen molar-refractivity contribution in [2.24, 2.45) is 0 Å². The highest BCUT2D eigenvalue weighted by Crippen LogP contribution is 2.19. The lowest BCUT2D eigenvalue weighted by molar-refractivity contribution is -0.124. The van der Waals surface area contributed by atoms with Crippen molar-refractivity contribution >= 4 is 5.91 Å². The predicted octanol–water partition coefficient (Wildman–Crippen LogP) is 21.2. The first kappa shape index (κ1) is 70.8. The lowest BCUT2D eigenvalue weighted by Gasteiger charge is -2.26. The van der Waals surface area contributed by atoms with Crippen molar-refractivity contribution in [2.75, 3.05) is 6.61 Å². The molecule has 0 saturated carbocycles. The molecule has 3 unspecified atom stereocenters.